The van der Waals surface area contributed by atoms with E-state index in [0.717, 1.165) is 37.2 Å². The fraction of sp³-hybridized carbons (Fsp3) is 0.381. The maximum Gasteiger partial charge on any atom is 0.223 e. The Labute approximate surface area is 154 Å². The number of methoxy groups -OCH3 is 1. The summed E-state index contributed by atoms with van der Waals surface area (Å²) in [6.07, 6.45) is 1.60. The SMILES string of the molecule is COc1ccccc1CNC(=O)C1CCN(Cc2ccccc2F)CC1. The Balaban J connectivity index is 1.47. The number of benzene rings is 2. The molecule has 4 nitrogen and oxygen atoms in total. The zero-order chi connectivity index (χ0) is 18.4. The van der Waals surface area contributed by atoms with Gasteiger partial charge in [-0.1, -0.05) is 36.4 Å². The molecule has 138 valence electrons. The molecular weight excluding hydrogens is 331 g/mol. The van der Waals surface area contributed by atoms with Crippen LogP contribution in [-0.4, -0.2) is 31.0 Å². The predicted octanol–water partition coefficient (Wildman–Crippen LogP) is 3.36. The Morgan fingerprint density at radius 1 is 1.12 bits per heavy atom. The van der Waals surface area contributed by atoms with Gasteiger partial charge in [0.1, 0.15) is 11.6 Å². The second-order valence-corrected chi connectivity index (χ2v) is 6.67. The van der Waals surface area contributed by atoms with Crippen molar-refractivity contribution in [2.24, 2.45) is 5.92 Å². The van der Waals surface area contributed by atoms with Crippen molar-refractivity contribution >= 4 is 5.91 Å². The van der Waals surface area contributed by atoms with Gasteiger partial charge in [0.05, 0.1) is 7.11 Å². The Morgan fingerprint density at radius 2 is 1.77 bits per heavy atom. The molecule has 0 atom stereocenters. The van der Waals surface area contributed by atoms with Gasteiger partial charge in [-0.2, -0.15) is 0 Å². The zero-order valence-electron chi connectivity index (χ0n) is 15.1. The van der Waals surface area contributed by atoms with Crippen LogP contribution in [-0.2, 0) is 17.9 Å². The summed E-state index contributed by atoms with van der Waals surface area (Å²) < 4.78 is 19.1. The molecule has 0 unspecified atom stereocenters. The lowest BCUT2D eigenvalue weighted by Gasteiger charge is -2.31. The number of carbonyl (C=O) groups excluding carboxylic acids is 1. The highest BCUT2D eigenvalue weighted by atomic mass is 19.1. The van der Waals surface area contributed by atoms with Crippen molar-refractivity contribution in [1.29, 1.82) is 0 Å². The topological polar surface area (TPSA) is 41.6 Å². The summed E-state index contributed by atoms with van der Waals surface area (Å²) in [6.45, 7) is 2.68. The van der Waals surface area contributed by atoms with Gasteiger partial charge in [-0.15, -0.1) is 0 Å². The van der Waals surface area contributed by atoms with E-state index >= 15 is 0 Å². The molecule has 26 heavy (non-hydrogen) atoms. The molecule has 1 aliphatic heterocycles. The molecule has 1 heterocycles. The Morgan fingerprint density at radius 3 is 2.46 bits per heavy atom. The van der Waals surface area contributed by atoms with Crippen molar-refractivity contribution in [3.8, 4) is 5.75 Å². The average Bonchev–Trinajstić information content (AvgIpc) is 2.68. The van der Waals surface area contributed by atoms with Gasteiger partial charge >= 0.3 is 0 Å². The molecule has 1 fully saturated rings. The van der Waals surface area contributed by atoms with Gasteiger partial charge in [0.25, 0.3) is 0 Å². The highest BCUT2D eigenvalue weighted by Gasteiger charge is 2.25. The summed E-state index contributed by atoms with van der Waals surface area (Å²) in [5.41, 5.74) is 1.69. The van der Waals surface area contributed by atoms with Crippen molar-refractivity contribution < 1.29 is 13.9 Å². The van der Waals surface area contributed by atoms with Crippen molar-refractivity contribution in [2.75, 3.05) is 20.2 Å². The molecule has 2 aromatic rings. The molecule has 1 amide bonds. The first kappa shape index (κ1) is 18.4. The number of rotatable bonds is 6. The highest BCUT2D eigenvalue weighted by molar-refractivity contribution is 5.78. The van der Waals surface area contributed by atoms with Crippen LogP contribution in [0.2, 0.25) is 0 Å². The number of hydrogen-bond acceptors (Lipinski definition) is 3. The smallest absolute Gasteiger partial charge is 0.223 e. The molecule has 5 heteroatoms. The van der Waals surface area contributed by atoms with Gasteiger partial charge in [0.2, 0.25) is 5.91 Å². The molecule has 1 aliphatic rings. The Hall–Kier alpha value is -2.40. The van der Waals surface area contributed by atoms with Gasteiger partial charge in [-0.05, 0) is 38.1 Å². The minimum absolute atomic E-state index is 0.0153. The summed E-state index contributed by atoms with van der Waals surface area (Å²) >= 11 is 0. The van der Waals surface area contributed by atoms with Crippen LogP contribution in [0.4, 0.5) is 4.39 Å². The molecule has 0 bridgehead atoms. The van der Waals surface area contributed by atoms with Gasteiger partial charge in [0.15, 0.2) is 0 Å². The highest BCUT2D eigenvalue weighted by Crippen LogP contribution is 2.21. The number of piperidine rings is 1. The number of amides is 1. The fourth-order valence-corrected chi connectivity index (χ4v) is 3.40. The lowest BCUT2D eigenvalue weighted by Crippen LogP contribution is -2.40. The number of halogens is 1. The molecule has 0 saturated carbocycles. The summed E-state index contributed by atoms with van der Waals surface area (Å²) in [4.78, 5) is 14.7. The number of ether oxygens (including phenoxy) is 1. The van der Waals surface area contributed by atoms with Crippen LogP contribution in [0.1, 0.15) is 24.0 Å². The first-order chi connectivity index (χ1) is 12.7. The minimum atomic E-state index is -0.163. The van der Waals surface area contributed by atoms with Gasteiger partial charge in [0, 0.05) is 30.1 Å². The number of hydrogen-bond donors (Lipinski definition) is 1. The molecule has 0 aliphatic carbocycles. The first-order valence-electron chi connectivity index (χ1n) is 9.02. The van der Waals surface area contributed by atoms with E-state index in [4.69, 9.17) is 4.74 Å². The number of nitrogens with one attached hydrogen (secondary N) is 1. The third kappa shape index (κ3) is 4.61. The molecule has 0 radical (unpaired) electrons. The van der Waals surface area contributed by atoms with E-state index in [1.165, 1.54) is 6.07 Å². The lowest BCUT2D eigenvalue weighted by molar-refractivity contribution is -0.126. The van der Waals surface area contributed by atoms with E-state index in [9.17, 15) is 9.18 Å². The zero-order valence-corrected chi connectivity index (χ0v) is 15.1. The Bertz CT molecular complexity index is 742. The van der Waals surface area contributed by atoms with E-state index in [0.29, 0.717) is 18.7 Å². The molecule has 2 aromatic carbocycles. The van der Waals surface area contributed by atoms with Crippen LogP contribution in [0.3, 0.4) is 0 Å². The van der Waals surface area contributed by atoms with E-state index in [1.807, 2.05) is 36.4 Å². The van der Waals surface area contributed by atoms with Crippen molar-refractivity contribution in [2.45, 2.75) is 25.9 Å². The molecule has 0 aromatic heterocycles. The monoisotopic (exact) mass is 356 g/mol. The summed E-state index contributed by atoms with van der Waals surface area (Å²) in [6, 6.07) is 14.6. The predicted molar refractivity (Wildman–Crippen MR) is 99.2 cm³/mol. The van der Waals surface area contributed by atoms with Crippen LogP contribution < -0.4 is 10.1 Å². The normalized spacial score (nSPS) is 15.6. The number of carbonyl (C=O) groups is 1. The Kier molecular flexibility index (Phi) is 6.23. The van der Waals surface area contributed by atoms with Crippen LogP contribution in [0, 0.1) is 11.7 Å². The third-order valence-corrected chi connectivity index (χ3v) is 4.96. The van der Waals surface area contributed by atoms with E-state index in [-0.39, 0.29) is 17.6 Å². The third-order valence-electron chi connectivity index (χ3n) is 4.96. The molecular formula is C21H25FN2O2. The largest absolute Gasteiger partial charge is 0.496 e. The molecule has 1 saturated heterocycles. The maximum atomic E-state index is 13.8. The van der Waals surface area contributed by atoms with Crippen LogP contribution in [0.5, 0.6) is 5.75 Å². The fourth-order valence-electron chi connectivity index (χ4n) is 3.40. The minimum Gasteiger partial charge on any atom is -0.496 e. The van der Waals surface area contributed by atoms with Gasteiger partial charge < -0.3 is 10.1 Å². The molecule has 0 spiro atoms. The van der Waals surface area contributed by atoms with Gasteiger partial charge in [-0.3, -0.25) is 9.69 Å². The molecule has 1 N–H and O–H groups in total. The number of nitrogens with zero attached hydrogens (tertiary/aromatic N) is 1. The first-order valence-corrected chi connectivity index (χ1v) is 9.02. The quantitative estimate of drug-likeness (QED) is 0.863. The second kappa shape index (κ2) is 8.81. The standard InChI is InChI=1S/C21H25FN2O2/c1-26-20-9-5-3-6-17(20)14-23-21(25)16-10-12-24(13-11-16)15-18-7-2-4-8-19(18)22/h2-9,16H,10-15H2,1H3,(H,23,25). The number of para-hydroxylation sites is 1. The van der Waals surface area contributed by atoms with E-state index < -0.39 is 0 Å². The summed E-state index contributed by atoms with van der Waals surface area (Å²) in [7, 11) is 1.63. The van der Waals surface area contributed by atoms with Crippen molar-refractivity contribution in [3.05, 3.63) is 65.5 Å². The van der Waals surface area contributed by atoms with E-state index in [2.05, 4.69) is 10.2 Å². The van der Waals surface area contributed by atoms with Crippen LogP contribution in [0.15, 0.2) is 48.5 Å². The maximum absolute atomic E-state index is 13.8. The number of likely N-dealkylation sites (tertiary alicyclic amines) is 1. The summed E-state index contributed by atoms with van der Waals surface area (Å²) in [5.74, 6) is 0.722. The van der Waals surface area contributed by atoms with Crippen molar-refractivity contribution in [1.82, 2.24) is 10.2 Å². The summed E-state index contributed by atoms with van der Waals surface area (Å²) in [5, 5.41) is 3.02. The van der Waals surface area contributed by atoms with E-state index in [1.54, 1.807) is 13.2 Å². The average molecular weight is 356 g/mol. The second-order valence-electron chi connectivity index (χ2n) is 6.67. The van der Waals surface area contributed by atoms with Crippen molar-refractivity contribution in [3.63, 3.8) is 0 Å². The molecule has 3 rings (SSSR count). The van der Waals surface area contributed by atoms with Crippen LogP contribution >= 0.6 is 0 Å². The lowest BCUT2D eigenvalue weighted by atomic mass is 9.95. The van der Waals surface area contributed by atoms with Gasteiger partial charge in [-0.25, -0.2) is 4.39 Å². The van der Waals surface area contributed by atoms with Crippen LogP contribution in [0.25, 0.3) is 0 Å².